The van der Waals surface area contributed by atoms with Crippen LogP contribution in [0.15, 0.2) is 30.3 Å². The second kappa shape index (κ2) is 10.0. The first-order valence-electron chi connectivity index (χ1n) is 12.0. The summed E-state index contributed by atoms with van der Waals surface area (Å²) in [6.07, 6.45) is 5.12. The van der Waals surface area contributed by atoms with Gasteiger partial charge in [-0.05, 0) is 56.6 Å². The number of likely N-dealkylation sites (tertiary alicyclic amines) is 2. The van der Waals surface area contributed by atoms with E-state index in [2.05, 4.69) is 5.32 Å². The van der Waals surface area contributed by atoms with Crippen LogP contribution in [0.4, 0.5) is 0 Å². The van der Waals surface area contributed by atoms with E-state index in [1.165, 1.54) is 0 Å². The standard InChI is InChI=1S/C25H35N3O4/c1-19(29)27-12-7-22(8-13-27)24(31)28-14-10-25(11-15-28)17-20(9-16-32-25)18-26-23(30)21-5-3-2-4-6-21/h2-6,20,22H,7-18H2,1H3,(H,26,30). The highest BCUT2D eigenvalue weighted by molar-refractivity contribution is 5.94. The van der Waals surface area contributed by atoms with Crippen molar-refractivity contribution in [2.75, 3.05) is 39.3 Å². The predicted octanol–water partition coefficient (Wildman–Crippen LogP) is 2.46. The minimum atomic E-state index is -0.171. The van der Waals surface area contributed by atoms with Gasteiger partial charge in [0.05, 0.1) is 5.60 Å². The Morgan fingerprint density at radius 1 is 1.00 bits per heavy atom. The second-order valence-corrected chi connectivity index (χ2v) is 9.57. The Labute approximate surface area is 190 Å². The number of carbonyl (C=O) groups is 3. The Morgan fingerprint density at radius 2 is 1.69 bits per heavy atom. The largest absolute Gasteiger partial charge is 0.375 e. The Kier molecular flexibility index (Phi) is 7.13. The average molecular weight is 442 g/mol. The lowest BCUT2D eigenvalue weighted by molar-refractivity contribution is -0.152. The summed E-state index contributed by atoms with van der Waals surface area (Å²) in [5.41, 5.74) is 0.519. The van der Waals surface area contributed by atoms with Gasteiger partial charge in [0.25, 0.3) is 5.91 Å². The van der Waals surface area contributed by atoms with Gasteiger partial charge in [-0.1, -0.05) is 18.2 Å². The molecule has 0 bridgehead atoms. The van der Waals surface area contributed by atoms with Crippen LogP contribution < -0.4 is 5.32 Å². The zero-order chi connectivity index (χ0) is 22.6. The number of nitrogens with zero attached hydrogens (tertiary/aromatic N) is 2. The van der Waals surface area contributed by atoms with E-state index in [4.69, 9.17) is 4.74 Å². The smallest absolute Gasteiger partial charge is 0.251 e. The van der Waals surface area contributed by atoms with Gasteiger partial charge in [-0.3, -0.25) is 14.4 Å². The van der Waals surface area contributed by atoms with Crippen molar-refractivity contribution in [1.82, 2.24) is 15.1 Å². The normalized spacial score (nSPS) is 23.7. The summed E-state index contributed by atoms with van der Waals surface area (Å²) in [5, 5.41) is 3.09. The summed E-state index contributed by atoms with van der Waals surface area (Å²) in [7, 11) is 0. The fourth-order valence-electron chi connectivity index (χ4n) is 5.41. The summed E-state index contributed by atoms with van der Waals surface area (Å²) in [6, 6.07) is 9.32. The molecule has 0 aromatic heterocycles. The molecule has 3 aliphatic heterocycles. The molecule has 1 spiro atoms. The van der Waals surface area contributed by atoms with Crippen LogP contribution in [0.2, 0.25) is 0 Å². The molecule has 1 aromatic carbocycles. The van der Waals surface area contributed by atoms with Gasteiger partial charge in [0, 0.05) is 57.7 Å². The van der Waals surface area contributed by atoms with Crippen LogP contribution in [0.3, 0.4) is 0 Å². The van der Waals surface area contributed by atoms with E-state index in [1.807, 2.05) is 40.1 Å². The number of piperidine rings is 2. The molecule has 3 saturated heterocycles. The van der Waals surface area contributed by atoms with E-state index < -0.39 is 0 Å². The summed E-state index contributed by atoms with van der Waals surface area (Å²) < 4.78 is 6.25. The van der Waals surface area contributed by atoms with Crippen molar-refractivity contribution in [3.8, 4) is 0 Å². The molecule has 1 N–H and O–H groups in total. The quantitative estimate of drug-likeness (QED) is 0.779. The topological polar surface area (TPSA) is 79.0 Å². The Hall–Kier alpha value is -2.41. The van der Waals surface area contributed by atoms with Crippen LogP contribution in [0, 0.1) is 11.8 Å². The molecule has 3 heterocycles. The zero-order valence-corrected chi connectivity index (χ0v) is 19.1. The molecule has 1 atom stereocenters. The van der Waals surface area contributed by atoms with Crippen molar-refractivity contribution in [2.24, 2.45) is 11.8 Å². The third-order valence-corrected chi connectivity index (χ3v) is 7.46. The molecule has 1 unspecified atom stereocenters. The molecule has 7 nitrogen and oxygen atoms in total. The Bertz CT molecular complexity index is 812. The number of ether oxygens (including phenoxy) is 1. The minimum absolute atomic E-state index is 0.0256. The summed E-state index contributed by atoms with van der Waals surface area (Å²) in [4.78, 5) is 40.7. The number of nitrogens with one attached hydrogen (secondary N) is 1. The number of amides is 3. The fourth-order valence-corrected chi connectivity index (χ4v) is 5.41. The van der Waals surface area contributed by atoms with Crippen molar-refractivity contribution >= 4 is 17.7 Å². The molecule has 32 heavy (non-hydrogen) atoms. The minimum Gasteiger partial charge on any atom is -0.375 e. The molecular formula is C25H35N3O4. The number of benzene rings is 1. The number of carbonyl (C=O) groups excluding carboxylic acids is 3. The third kappa shape index (κ3) is 5.31. The van der Waals surface area contributed by atoms with E-state index in [1.54, 1.807) is 6.92 Å². The maximum atomic E-state index is 13.0. The molecule has 3 aliphatic rings. The van der Waals surface area contributed by atoms with E-state index >= 15 is 0 Å². The SMILES string of the molecule is CC(=O)N1CCC(C(=O)N2CCC3(CC2)CC(CNC(=O)c2ccccc2)CCO3)CC1. The fraction of sp³-hybridized carbons (Fsp3) is 0.640. The molecule has 3 amide bonds. The molecule has 7 heteroatoms. The first-order valence-corrected chi connectivity index (χ1v) is 12.0. The number of hydrogen-bond acceptors (Lipinski definition) is 4. The third-order valence-electron chi connectivity index (χ3n) is 7.46. The molecule has 4 rings (SSSR count). The van der Waals surface area contributed by atoms with Crippen LogP contribution in [-0.4, -0.2) is 72.5 Å². The van der Waals surface area contributed by atoms with E-state index in [-0.39, 0.29) is 29.2 Å². The maximum Gasteiger partial charge on any atom is 0.251 e. The summed E-state index contributed by atoms with van der Waals surface area (Å²) >= 11 is 0. The van der Waals surface area contributed by atoms with Gasteiger partial charge in [0.1, 0.15) is 0 Å². The number of hydrogen-bond donors (Lipinski definition) is 1. The second-order valence-electron chi connectivity index (χ2n) is 9.57. The van der Waals surface area contributed by atoms with Crippen LogP contribution in [-0.2, 0) is 14.3 Å². The van der Waals surface area contributed by atoms with Gasteiger partial charge in [0.2, 0.25) is 11.8 Å². The van der Waals surface area contributed by atoms with Gasteiger partial charge >= 0.3 is 0 Å². The van der Waals surface area contributed by atoms with E-state index in [0.717, 1.165) is 51.6 Å². The lowest BCUT2D eigenvalue weighted by atomic mass is 9.79. The van der Waals surface area contributed by atoms with E-state index in [0.29, 0.717) is 37.7 Å². The van der Waals surface area contributed by atoms with Gasteiger partial charge in [0.15, 0.2) is 0 Å². The highest BCUT2D eigenvalue weighted by Gasteiger charge is 2.42. The van der Waals surface area contributed by atoms with Gasteiger partial charge < -0.3 is 19.9 Å². The lowest BCUT2D eigenvalue weighted by Gasteiger charge is -2.47. The summed E-state index contributed by atoms with van der Waals surface area (Å²) in [5.74, 6) is 0.745. The maximum absolute atomic E-state index is 13.0. The molecule has 0 aliphatic carbocycles. The van der Waals surface area contributed by atoms with E-state index in [9.17, 15) is 14.4 Å². The molecular weight excluding hydrogens is 406 g/mol. The van der Waals surface area contributed by atoms with Crippen LogP contribution in [0.25, 0.3) is 0 Å². The molecule has 0 saturated carbocycles. The Morgan fingerprint density at radius 3 is 2.34 bits per heavy atom. The zero-order valence-electron chi connectivity index (χ0n) is 19.1. The number of rotatable bonds is 4. The van der Waals surface area contributed by atoms with Crippen molar-refractivity contribution in [3.05, 3.63) is 35.9 Å². The molecule has 174 valence electrons. The predicted molar refractivity (Wildman–Crippen MR) is 121 cm³/mol. The van der Waals surface area contributed by atoms with Gasteiger partial charge in [-0.2, -0.15) is 0 Å². The average Bonchev–Trinajstić information content (AvgIpc) is 2.83. The lowest BCUT2D eigenvalue weighted by Crippen LogP contribution is -2.53. The van der Waals surface area contributed by atoms with Crippen LogP contribution in [0.1, 0.15) is 55.8 Å². The molecule has 3 fully saturated rings. The first-order chi connectivity index (χ1) is 15.5. The summed E-state index contributed by atoms with van der Waals surface area (Å²) in [6.45, 7) is 5.80. The van der Waals surface area contributed by atoms with Gasteiger partial charge in [-0.15, -0.1) is 0 Å². The molecule has 0 radical (unpaired) electrons. The Balaban J connectivity index is 1.24. The first kappa shape index (κ1) is 22.8. The van der Waals surface area contributed by atoms with Crippen molar-refractivity contribution < 1.29 is 19.1 Å². The monoisotopic (exact) mass is 441 g/mol. The molecule has 1 aromatic rings. The highest BCUT2D eigenvalue weighted by Crippen LogP contribution is 2.38. The van der Waals surface area contributed by atoms with Crippen molar-refractivity contribution in [2.45, 2.75) is 51.0 Å². The van der Waals surface area contributed by atoms with Crippen molar-refractivity contribution in [1.29, 1.82) is 0 Å². The van der Waals surface area contributed by atoms with Crippen LogP contribution >= 0.6 is 0 Å². The van der Waals surface area contributed by atoms with Crippen LogP contribution in [0.5, 0.6) is 0 Å². The highest BCUT2D eigenvalue weighted by atomic mass is 16.5. The van der Waals surface area contributed by atoms with Gasteiger partial charge in [-0.25, -0.2) is 0 Å². The van der Waals surface area contributed by atoms with Crippen molar-refractivity contribution in [3.63, 3.8) is 0 Å².